The van der Waals surface area contributed by atoms with Crippen LogP contribution in [0.15, 0.2) is 42.5 Å². The second kappa shape index (κ2) is 8.86. The van der Waals surface area contributed by atoms with Crippen molar-refractivity contribution in [1.82, 2.24) is 9.21 Å². The molecule has 0 saturated carbocycles. The zero-order chi connectivity index (χ0) is 22.0. The lowest BCUT2D eigenvalue weighted by molar-refractivity contribution is 0.0882. The van der Waals surface area contributed by atoms with Crippen molar-refractivity contribution in [3.8, 4) is 11.5 Å². The van der Waals surface area contributed by atoms with Crippen LogP contribution < -0.4 is 14.2 Å². The van der Waals surface area contributed by atoms with Crippen molar-refractivity contribution in [1.29, 1.82) is 0 Å². The number of anilines is 1. The number of benzene rings is 2. The number of methoxy groups -OCH3 is 2. The number of ketones is 1. The molecule has 0 aromatic heterocycles. The summed E-state index contributed by atoms with van der Waals surface area (Å²) < 4.78 is 40.2. The van der Waals surface area contributed by atoms with E-state index in [1.54, 1.807) is 42.8 Å². The molecule has 0 aliphatic carbocycles. The van der Waals surface area contributed by atoms with E-state index >= 15 is 0 Å². The van der Waals surface area contributed by atoms with E-state index in [1.165, 1.54) is 0 Å². The Morgan fingerprint density at radius 1 is 1.06 bits per heavy atom. The minimum absolute atomic E-state index is 0.000547. The number of rotatable bonds is 6. The van der Waals surface area contributed by atoms with Gasteiger partial charge in [-0.3, -0.25) is 14.4 Å². The number of ether oxygens (including phenoxy) is 2. The van der Waals surface area contributed by atoms with E-state index in [-0.39, 0.29) is 18.4 Å². The number of carbonyl (C=O) groups is 1. The fourth-order valence-electron chi connectivity index (χ4n) is 4.20. The number of hydrogen-bond acceptors (Lipinski definition) is 6. The molecule has 1 N–H and O–H groups in total. The zero-order valence-corrected chi connectivity index (χ0v) is 18.5. The first-order chi connectivity index (χ1) is 14.9. The van der Waals surface area contributed by atoms with Gasteiger partial charge in [0, 0.05) is 31.2 Å². The lowest BCUT2D eigenvalue weighted by Crippen LogP contribution is -2.50. The van der Waals surface area contributed by atoms with E-state index in [0.29, 0.717) is 55.2 Å². The molecule has 1 saturated heterocycles. The highest BCUT2D eigenvalue weighted by atomic mass is 32.2. The van der Waals surface area contributed by atoms with Crippen molar-refractivity contribution in [3.63, 3.8) is 0 Å². The predicted molar refractivity (Wildman–Crippen MR) is 118 cm³/mol. The summed E-state index contributed by atoms with van der Waals surface area (Å²) in [4.78, 5) is 14.8. The largest absolute Gasteiger partial charge is 0.493 e. The van der Waals surface area contributed by atoms with Gasteiger partial charge >= 0.3 is 10.2 Å². The summed E-state index contributed by atoms with van der Waals surface area (Å²) in [6.45, 7) is 1.99. The number of para-hydroxylation sites is 1. The van der Waals surface area contributed by atoms with E-state index in [0.717, 1.165) is 5.56 Å². The fourth-order valence-corrected chi connectivity index (χ4v) is 5.71. The highest BCUT2D eigenvalue weighted by Crippen LogP contribution is 2.31. The van der Waals surface area contributed by atoms with Gasteiger partial charge in [0.25, 0.3) is 0 Å². The van der Waals surface area contributed by atoms with E-state index in [2.05, 4.69) is 9.62 Å². The molecule has 2 aromatic rings. The third-order valence-electron chi connectivity index (χ3n) is 5.93. The van der Waals surface area contributed by atoms with Crippen LogP contribution in [0.25, 0.3) is 0 Å². The smallest absolute Gasteiger partial charge is 0.302 e. The quantitative estimate of drug-likeness (QED) is 0.688. The average Bonchev–Trinajstić information content (AvgIpc) is 2.78. The molecule has 2 aromatic carbocycles. The van der Waals surface area contributed by atoms with Gasteiger partial charge in [0.15, 0.2) is 17.3 Å². The summed E-state index contributed by atoms with van der Waals surface area (Å²) in [6.07, 6.45) is 1.37. The third kappa shape index (κ3) is 4.53. The average molecular weight is 446 g/mol. The molecule has 0 radical (unpaired) electrons. The van der Waals surface area contributed by atoms with Crippen molar-refractivity contribution >= 4 is 21.7 Å². The Hall–Kier alpha value is -2.62. The Kier molecular flexibility index (Phi) is 6.17. The molecule has 8 nitrogen and oxygen atoms in total. The molecule has 0 bridgehead atoms. The van der Waals surface area contributed by atoms with Crippen LogP contribution in [0.4, 0.5) is 5.69 Å². The van der Waals surface area contributed by atoms with Gasteiger partial charge < -0.3 is 9.47 Å². The summed E-state index contributed by atoms with van der Waals surface area (Å²) in [7, 11) is -0.466. The minimum atomic E-state index is -3.56. The highest BCUT2D eigenvalue weighted by Gasteiger charge is 2.36. The van der Waals surface area contributed by atoms with Gasteiger partial charge in [-0.05, 0) is 42.7 Å². The summed E-state index contributed by atoms with van der Waals surface area (Å²) in [6, 6.07) is 12.5. The number of nitrogens with zero attached hydrogens (tertiary/aromatic N) is 2. The van der Waals surface area contributed by atoms with E-state index in [9.17, 15) is 13.2 Å². The number of carbonyl (C=O) groups excluding carboxylic acids is 1. The van der Waals surface area contributed by atoms with Crippen LogP contribution in [0.3, 0.4) is 0 Å². The number of fused-ring (bicyclic) bond motifs is 1. The second-order valence-electron chi connectivity index (χ2n) is 7.81. The molecule has 0 spiro atoms. The first-order valence-corrected chi connectivity index (χ1v) is 11.7. The minimum Gasteiger partial charge on any atom is -0.493 e. The molecule has 31 heavy (non-hydrogen) atoms. The summed E-state index contributed by atoms with van der Waals surface area (Å²) >= 11 is 0. The van der Waals surface area contributed by atoms with Crippen LogP contribution in [0, 0.1) is 0 Å². The van der Waals surface area contributed by atoms with Crippen molar-refractivity contribution in [3.05, 3.63) is 53.6 Å². The predicted octanol–water partition coefficient (Wildman–Crippen LogP) is 2.52. The zero-order valence-electron chi connectivity index (χ0n) is 17.7. The molecule has 1 fully saturated rings. The number of hydrogen-bond donors (Lipinski definition) is 1. The molecule has 166 valence electrons. The summed E-state index contributed by atoms with van der Waals surface area (Å²) in [5.74, 6) is 1.11. The Balaban J connectivity index is 1.37. The molecule has 2 aliphatic heterocycles. The van der Waals surface area contributed by atoms with Crippen molar-refractivity contribution < 1.29 is 22.7 Å². The fraction of sp³-hybridized carbons (Fsp3) is 0.409. The molecule has 0 unspecified atom stereocenters. The SMILES string of the molecule is COc1ccc(C(=O)CN2CCC(N3Cc4ccccc4NS3(=O)=O)CC2)cc1OC. The lowest BCUT2D eigenvalue weighted by Gasteiger charge is -2.39. The van der Waals surface area contributed by atoms with Crippen LogP contribution in [-0.4, -0.2) is 63.3 Å². The summed E-state index contributed by atoms with van der Waals surface area (Å²) in [5.41, 5.74) is 2.19. The summed E-state index contributed by atoms with van der Waals surface area (Å²) in [5, 5.41) is 0. The van der Waals surface area contributed by atoms with Crippen LogP contribution in [0.5, 0.6) is 11.5 Å². The van der Waals surface area contributed by atoms with Crippen LogP contribution >= 0.6 is 0 Å². The van der Waals surface area contributed by atoms with Crippen molar-refractivity contribution in [2.45, 2.75) is 25.4 Å². The molecule has 4 rings (SSSR count). The van der Waals surface area contributed by atoms with Crippen molar-refractivity contribution in [2.24, 2.45) is 0 Å². The Labute approximate surface area is 182 Å². The van der Waals surface area contributed by atoms with Gasteiger partial charge in [0.2, 0.25) is 0 Å². The molecule has 2 heterocycles. The normalized spacial score (nSPS) is 19.3. The monoisotopic (exact) mass is 445 g/mol. The maximum absolute atomic E-state index is 12.7. The standard InChI is InChI=1S/C22H27N3O5S/c1-29-21-8-7-16(13-22(21)30-2)20(26)15-24-11-9-18(10-12-24)25-14-17-5-3-4-6-19(17)23-31(25,27)28/h3-8,13,18,23H,9-12,14-15H2,1-2H3. The number of piperidine rings is 1. The lowest BCUT2D eigenvalue weighted by atomic mass is 10.0. The van der Waals surface area contributed by atoms with Crippen LogP contribution in [-0.2, 0) is 16.8 Å². The van der Waals surface area contributed by atoms with E-state index in [1.807, 2.05) is 18.2 Å². The molecular weight excluding hydrogens is 418 g/mol. The Morgan fingerprint density at radius 3 is 2.48 bits per heavy atom. The highest BCUT2D eigenvalue weighted by molar-refractivity contribution is 7.90. The Bertz CT molecular complexity index is 1060. The van der Waals surface area contributed by atoms with Gasteiger partial charge in [0.1, 0.15) is 0 Å². The topological polar surface area (TPSA) is 88.2 Å². The third-order valence-corrected chi connectivity index (χ3v) is 7.45. The Morgan fingerprint density at radius 2 is 1.77 bits per heavy atom. The first-order valence-electron chi connectivity index (χ1n) is 10.3. The van der Waals surface area contributed by atoms with Crippen LogP contribution in [0.2, 0.25) is 0 Å². The molecule has 2 aliphatic rings. The molecule has 0 atom stereocenters. The van der Waals surface area contributed by atoms with Gasteiger partial charge in [0.05, 0.1) is 26.5 Å². The first kappa shape index (κ1) is 21.6. The van der Waals surface area contributed by atoms with Crippen molar-refractivity contribution in [2.75, 3.05) is 38.6 Å². The number of nitrogens with one attached hydrogen (secondary N) is 1. The van der Waals surface area contributed by atoms with E-state index < -0.39 is 10.2 Å². The maximum atomic E-state index is 12.7. The van der Waals surface area contributed by atoms with E-state index in [4.69, 9.17) is 9.47 Å². The van der Waals surface area contributed by atoms with Crippen LogP contribution in [0.1, 0.15) is 28.8 Å². The molecule has 9 heteroatoms. The molecular formula is C22H27N3O5S. The van der Waals surface area contributed by atoms with Gasteiger partial charge in [-0.15, -0.1) is 0 Å². The van der Waals surface area contributed by atoms with Gasteiger partial charge in [-0.25, -0.2) is 0 Å². The number of likely N-dealkylation sites (tertiary alicyclic amines) is 1. The van der Waals surface area contributed by atoms with Gasteiger partial charge in [-0.1, -0.05) is 18.2 Å². The maximum Gasteiger partial charge on any atom is 0.302 e. The molecule has 0 amide bonds. The number of Topliss-reactive ketones (excluding diaryl/α,β-unsaturated/α-hetero) is 1. The second-order valence-corrected chi connectivity index (χ2v) is 9.43. The van der Waals surface area contributed by atoms with Gasteiger partial charge in [-0.2, -0.15) is 12.7 Å².